The molecule has 0 radical (unpaired) electrons. The summed E-state index contributed by atoms with van der Waals surface area (Å²) in [5.41, 5.74) is 13.0. The maximum atomic E-state index is 13.0. The second-order valence-electron chi connectivity index (χ2n) is 10.8. The summed E-state index contributed by atoms with van der Waals surface area (Å²) in [5.74, 6) is -0.0508. The molecule has 2 saturated heterocycles. The smallest absolute Gasteiger partial charge is 0.263 e. The number of nitrogens with two attached hydrogens (primary N) is 1. The Morgan fingerprint density at radius 3 is 2.51 bits per heavy atom. The molecular formula is C32H36N6O2S. The number of amides is 2. The van der Waals surface area contributed by atoms with Gasteiger partial charge in [-0.2, -0.15) is 0 Å². The quantitative estimate of drug-likeness (QED) is 0.304. The molecule has 6 rings (SSSR count). The predicted molar refractivity (Wildman–Crippen MR) is 167 cm³/mol. The molecule has 2 aromatic heterocycles. The number of hydrogen-bond acceptors (Lipinski definition) is 7. The zero-order valence-corrected chi connectivity index (χ0v) is 24.2. The molecule has 0 spiro atoms. The van der Waals surface area contributed by atoms with E-state index < -0.39 is 0 Å². The lowest BCUT2D eigenvalue weighted by Gasteiger charge is -2.31. The summed E-state index contributed by atoms with van der Waals surface area (Å²) in [7, 11) is 0. The third-order valence-corrected chi connectivity index (χ3v) is 9.11. The first kappa shape index (κ1) is 27.2. The summed E-state index contributed by atoms with van der Waals surface area (Å²) < 4.78 is 0. The number of hydrogen-bond donors (Lipinski definition) is 3. The Morgan fingerprint density at radius 2 is 1.76 bits per heavy atom. The number of aromatic nitrogens is 1. The van der Waals surface area contributed by atoms with Crippen molar-refractivity contribution in [3.8, 4) is 11.1 Å². The molecule has 0 atom stereocenters. The molecule has 4 N–H and O–H groups in total. The maximum absolute atomic E-state index is 13.0. The minimum absolute atomic E-state index is 0.117. The van der Waals surface area contributed by atoms with Gasteiger partial charge in [-0.1, -0.05) is 18.2 Å². The van der Waals surface area contributed by atoms with Gasteiger partial charge in [-0.3, -0.25) is 9.59 Å². The van der Waals surface area contributed by atoms with Crippen molar-refractivity contribution in [2.24, 2.45) is 0 Å². The Morgan fingerprint density at radius 1 is 1.00 bits per heavy atom. The van der Waals surface area contributed by atoms with Crippen LogP contribution in [-0.4, -0.2) is 67.5 Å². The van der Waals surface area contributed by atoms with Gasteiger partial charge in [0.15, 0.2) is 0 Å². The third-order valence-electron chi connectivity index (χ3n) is 7.99. The van der Waals surface area contributed by atoms with Crippen molar-refractivity contribution >= 4 is 44.7 Å². The van der Waals surface area contributed by atoms with E-state index in [4.69, 9.17) is 5.73 Å². The number of thiophene rings is 1. The molecule has 0 aliphatic carbocycles. The second kappa shape index (κ2) is 11.9. The van der Waals surface area contributed by atoms with E-state index in [9.17, 15) is 9.59 Å². The Kier molecular flexibility index (Phi) is 7.89. The average molecular weight is 569 g/mol. The highest BCUT2D eigenvalue weighted by Crippen LogP contribution is 2.34. The van der Waals surface area contributed by atoms with Crippen LogP contribution in [0.15, 0.2) is 54.6 Å². The normalized spacial score (nSPS) is 15.4. The van der Waals surface area contributed by atoms with Crippen molar-refractivity contribution in [2.45, 2.75) is 26.2 Å². The number of aryl methyl sites for hydroxylation is 1. The van der Waals surface area contributed by atoms with Gasteiger partial charge in [0.25, 0.3) is 11.8 Å². The molecule has 212 valence electrons. The number of likely N-dealkylation sites (tertiary alicyclic amines) is 1. The van der Waals surface area contributed by atoms with E-state index in [2.05, 4.69) is 50.8 Å². The topological polar surface area (TPSA) is 104 Å². The number of benzene rings is 2. The standard InChI is InChI=1S/C32H36N6O2S/c1-21-4-10-25-28(33)29(41-31(25)36-21)30(39)35-13-12-22-5-11-27(37-18-14-34-15-19-37)26(20-22)23-6-8-24(9-7-23)32(40)38-16-2-3-17-38/h4-11,20,34H,2-3,12-19,33H2,1H3,(H,35,39). The van der Waals surface area contributed by atoms with Gasteiger partial charge in [0.05, 0.1) is 5.69 Å². The summed E-state index contributed by atoms with van der Waals surface area (Å²) in [6, 6.07) is 18.4. The summed E-state index contributed by atoms with van der Waals surface area (Å²) in [6.45, 7) is 7.90. The highest BCUT2D eigenvalue weighted by molar-refractivity contribution is 7.21. The number of carbonyl (C=O) groups excluding carboxylic acids is 2. The highest BCUT2D eigenvalue weighted by Gasteiger charge is 2.21. The number of anilines is 2. The van der Waals surface area contributed by atoms with Crippen molar-refractivity contribution in [2.75, 3.05) is 56.4 Å². The van der Waals surface area contributed by atoms with Crippen LogP contribution in [0, 0.1) is 6.92 Å². The van der Waals surface area contributed by atoms with Crippen LogP contribution >= 0.6 is 11.3 Å². The van der Waals surface area contributed by atoms with E-state index in [1.165, 1.54) is 17.0 Å². The first-order valence-electron chi connectivity index (χ1n) is 14.4. The summed E-state index contributed by atoms with van der Waals surface area (Å²) >= 11 is 1.34. The number of nitrogens with one attached hydrogen (secondary N) is 2. The monoisotopic (exact) mass is 568 g/mol. The van der Waals surface area contributed by atoms with Crippen LogP contribution in [0.2, 0.25) is 0 Å². The van der Waals surface area contributed by atoms with Gasteiger partial charge in [0.1, 0.15) is 9.71 Å². The summed E-state index contributed by atoms with van der Waals surface area (Å²) in [5, 5.41) is 7.31. The summed E-state index contributed by atoms with van der Waals surface area (Å²) in [6.07, 6.45) is 2.85. The fourth-order valence-electron chi connectivity index (χ4n) is 5.71. The predicted octanol–water partition coefficient (Wildman–Crippen LogP) is 4.47. The molecule has 9 heteroatoms. The van der Waals surface area contributed by atoms with Crippen LogP contribution in [0.3, 0.4) is 0 Å². The van der Waals surface area contributed by atoms with Crippen molar-refractivity contribution in [3.05, 3.63) is 76.3 Å². The summed E-state index contributed by atoms with van der Waals surface area (Å²) in [4.78, 5) is 36.1. The maximum Gasteiger partial charge on any atom is 0.263 e. The number of pyridine rings is 1. The first-order valence-corrected chi connectivity index (χ1v) is 15.2. The van der Waals surface area contributed by atoms with Crippen molar-refractivity contribution in [1.29, 1.82) is 0 Å². The Balaban J connectivity index is 1.19. The molecule has 4 heterocycles. The molecule has 2 fully saturated rings. The van der Waals surface area contributed by atoms with E-state index in [0.717, 1.165) is 90.3 Å². The molecule has 2 aromatic carbocycles. The molecule has 0 bridgehead atoms. The number of rotatable bonds is 7. The number of piperazine rings is 1. The average Bonchev–Trinajstić information content (AvgIpc) is 3.65. The minimum atomic E-state index is -0.168. The zero-order chi connectivity index (χ0) is 28.3. The SMILES string of the molecule is Cc1ccc2c(N)c(C(=O)NCCc3ccc(N4CCNCC4)c(-c4ccc(C(=O)N5CCCC5)cc4)c3)sc2n1. The number of nitrogens with zero attached hydrogens (tertiary/aromatic N) is 3. The van der Waals surface area contributed by atoms with Crippen LogP contribution in [0.25, 0.3) is 21.3 Å². The molecule has 41 heavy (non-hydrogen) atoms. The molecule has 0 unspecified atom stereocenters. The van der Waals surface area contributed by atoms with Crippen LogP contribution in [0.1, 0.15) is 44.1 Å². The second-order valence-corrected chi connectivity index (χ2v) is 11.8. The van der Waals surface area contributed by atoms with E-state index >= 15 is 0 Å². The van der Waals surface area contributed by atoms with E-state index in [1.807, 2.05) is 36.1 Å². The van der Waals surface area contributed by atoms with Gasteiger partial charge in [-0.25, -0.2) is 4.98 Å². The lowest BCUT2D eigenvalue weighted by atomic mass is 9.97. The Bertz CT molecular complexity index is 1570. The van der Waals surface area contributed by atoms with Gasteiger partial charge < -0.3 is 26.2 Å². The number of fused-ring (bicyclic) bond motifs is 1. The Labute approximate surface area is 244 Å². The van der Waals surface area contributed by atoms with Crippen LogP contribution < -0.4 is 21.3 Å². The third kappa shape index (κ3) is 5.78. The molecule has 2 amide bonds. The number of nitrogen functional groups attached to an aromatic ring is 1. The van der Waals surface area contributed by atoms with Crippen LogP contribution in [0.4, 0.5) is 11.4 Å². The van der Waals surface area contributed by atoms with E-state index in [1.54, 1.807) is 0 Å². The highest BCUT2D eigenvalue weighted by atomic mass is 32.1. The minimum Gasteiger partial charge on any atom is -0.397 e. The fourth-order valence-corrected chi connectivity index (χ4v) is 6.76. The van der Waals surface area contributed by atoms with Gasteiger partial charge in [0, 0.05) is 73.7 Å². The Hall–Kier alpha value is -3.95. The first-order chi connectivity index (χ1) is 20.0. The van der Waals surface area contributed by atoms with Crippen molar-refractivity contribution < 1.29 is 9.59 Å². The van der Waals surface area contributed by atoms with Gasteiger partial charge in [-0.15, -0.1) is 11.3 Å². The molecular weight excluding hydrogens is 532 g/mol. The van der Waals surface area contributed by atoms with Crippen molar-refractivity contribution in [3.63, 3.8) is 0 Å². The van der Waals surface area contributed by atoms with Gasteiger partial charge in [-0.05, 0) is 73.7 Å². The van der Waals surface area contributed by atoms with Crippen LogP contribution in [-0.2, 0) is 6.42 Å². The zero-order valence-electron chi connectivity index (χ0n) is 23.4. The van der Waals surface area contributed by atoms with Crippen molar-refractivity contribution in [1.82, 2.24) is 20.5 Å². The molecule has 2 aliphatic heterocycles. The molecule has 2 aliphatic rings. The number of carbonyl (C=O) groups is 2. The van der Waals surface area contributed by atoms with Gasteiger partial charge in [0.2, 0.25) is 0 Å². The van der Waals surface area contributed by atoms with E-state index in [-0.39, 0.29) is 11.8 Å². The van der Waals surface area contributed by atoms with Crippen LogP contribution in [0.5, 0.6) is 0 Å². The molecule has 8 nitrogen and oxygen atoms in total. The lowest BCUT2D eigenvalue weighted by molar-refractivity contribution is 0.0792. The lowest BCUT2D eigenvalue weighted by Crippen LogP contribution is -2.43. The van der Waals surface area contributed by atoms with Gasteiger partial charge >= 0.3 is 0 Å². The molecule has 4 aromatic rings. The largest absolute Gasteiger partial charge is 0.397 e. The fraction of sp³-hybridized carbons (Fsp3) is 0.344. The molecule has 0 saturated carbocycles. The van der Waals surface area contributed by atoms with E-state index in [0.29, 0.717) is 23.5 Å².